The van der Waals surface area contributed by atoms with Gasteiger partial charge >= 0.3 is 5.68 Å². The first-order valence-corrected chi connectivity index (χ1v) is 5.04. The lowest BCUT2D eigenvalue weighted by molar-refractivity contribution is 0.481. The lowest BCUT2D eigenvalue weighted by Gasteiger charge is -1.98. The predicted octanol–water partition coefficient (Wildman–Crippen LogP) is 2.37. The summed E-state index contributed by atoms with van der Waals surface area (Å²) in [5, 5.41) is 8.01. The minimum absolute atomic E-state index is 0.465. The maximum Gasteiger partial charge on any atom is 0.325 e. The van der Waals surface area contributed by atoms with Crippen molar-refractivity contribution in [2.75, 3.05) is 0 Å². The van der Waals surface area contributed by atoms with E-state index in [0.29, 0.717) is 5.68 Å². The summed E-state index contributed by atoms with van der Waals surface area (Å²) in [5.41, 5.74) is 2.35. The summed E-state index contributed by atoms with van der Waals surface area (Å²) in [5.74, 6) is 0. The molecule has 0 radical (unpaired) electrons. The summed E-state index contributed by atoms with van der Waals surface area (Å²) in [6.07, 6.45) is 3.40. The largest absolute Gasteiger partial charge is 0.431 e. The van der Waals surface area contributed by atoms with Gasteiger partial charge in [0.1, 0.15) is 6.26 Å². The van der Waals surface area contributed by atoms with Gasteiger partial charge in [-0.05, 0) is 26.0 Å². The fourth-order valence-corrected chi connectivity index (χ4v) is 1.27. The van der Waals surface area contributed by atoms with Crippen LogP contribution in [0.15, 0.2) is 57.4 Å². The Kier molecular flexibility index (Phi) is 3.00. The standard InChI is InChI=1S/C12H13N3O/c1-10(2)13-14-12-15(8-9-16-12)11-6-4-3-5-7-11/h3-9H,1-2H3/b14-12-. The molecule has 4 heteroatoms. The molecule has 0 N–H and O–H groups in total. The predicted molar refractivity (Wildman–Crippen MR) is 62.4 cm³/mol. The van der Waals surface area contributed by atoms with Crippen LogP contribution in [0.4, 0.5) is 0 Å². The minimum Gasteiger partial charge on any atom is -0.431 e. The van der Waals surface area contributed by atoms with Gasteiger partial charge in [0.2, 0.25) is 0 Å². The number of benzene rings is 1. The van der Waals surface area contributed by atoms with Gasteiger partial charge in [0.25, 0.3) is 0 Å². The second kappa shape index (κ2) is 4.61. The Hall–Kier alpha value is -2.10. The van der Waals surface area contributed by atoms with Gasteiger partial charge in [-0.15, -0.1) is 0 Å². The molecule has 0 spiro atoms. The molecule has 0 unspecified atom stereocenters. The van der Waals surface area contributed by atoms with Gasteiger partial charge in [-0.3, -0.25) is 4.57 Å². The first kappa shape index (κ1) is 10.4. The van der Waals surface area contributed by atoms with Crippen LogP contribution in [0.2, 0.25) is 0 Å². The Morgan fingerprint density at radius 2 is 1.94 bits per heavy atom. The zero-order chi connectivity index (χ0) is 11.4. The summed E-state index contributed by atoms with van der Waals surface area (Å²) >= 11 is 0. The molecule has 0 saturated carbocycles. The van der Waals surface area contributed by atoms with Crippen molar-refractivity contribution >= 4 is 5.71 Å². The summed E-state index contributed by atoms with van der Waals surface area (Å²) in [4.78, 5) is 0. The number of hydrogen-bond donors (Lipinski definition) is 0. The second-order valence-corrected chi connectivity index (χ2v) is 3.54. The van der Waals surface area contributed by atoms with Crippen molar-refractivity contribution in [1.29, 1.82) is 0 Å². The molecule has 2 aromatic rings. The molecule has 16 heavy (non-hydrogen) atoms. The van der Waals surface area contributed by atoms with Gasteiger partial charge in [0.05, 0.1) is 5.69 Å². The number of oxazole rings is 1. The highest BCUT2D eigenvalue weighted by Crippen LogP contribution is 2.03. The van der Waals surface area contributed by atoms with Crippen molar-refractivity contribution < 1.29 is 4.42 Å². The van der Waals surface area contributed by atoms with E-state index in [2.05, 4.69) is 10.2 Å². The zero-order valence-electron chi connectivity index (χ0n) is 9.29. The lowest BCUT2D eigenvalue weighted by Crippen LogP contribution is -2.12. The van der Waals surface area contributed by atoms with E-state index in [0.717, 1.165) is 11.4 Å². The minimum atomic E-state index is 0.465. The molecule has 0 bridgehead atoms. The molecule has 0 atom stereocenters. The van der Waals surface area contributed by atoms with Crippen molar-refractivity contribution in [3.63, 3.8) is 0 Å². The number of para-hydroxylation sites is 1. The molecular weight excluding hydrogens is 202 g/mol. The number of nitrogens with zero attached hydrogens (tertiary/aromatic N) is 3. The molecule has 4 nitrogen and oxygen atoms in total. The van der Waals surface area contributed by atoms with Crippen LogP contribution >= 0.6 is 0 Å². The van der Waals surface area contributed by atoms with Crippen LogP contribution in [-0.4, -0.2) is 10.3 Å². The zero-order valence-corrected chi connectivity index (χ0v) is 9.29. The van der Waals surface area contributed by atoms with E-state index in [1.54, 1.807) is 6.26 Å². The van der Waals surface area contributed by atoms with Crippen LogP contribution in [0.1, 0.15) is 13.8 Å². The molecule has 82 valence electrons. The normalized spacial score (nSPS) is 11.5. The quantitative estimate of drug-likeness (QED) is 0.560. The third kappa shape index (κ3) is 2.28. The molecule has 1 aromatic carbocycles. The van der Waals surface area contributed by atoms with Crippen LogP contribution in [0.25, 0.3) is 5.69 Å². The fourth-order valence-electron chi connectivity index (χ4n) is 1.27. The summed E-state index contributed by atoms with van der Waals surface area (Å²) in [7, 11) is 0. The maximum atomic E-state index is 5.26. The van der Waals surface area contributed by atoms with E-state index >= 15 is 0 Å². The van der Waals surface area contributed by atoms with Gasteiger partial charge in [-0.1, -0.05) is 23.3 Å². The van der Waals surface area contributed by atoms with Gasteiger partial charge < -0.3 is 4.42 Å². The van der Waals surface area contributed by atoms with E-state index in [1.807, 2.05) is 54.9 Å². The fraction of sp³-hybridized carbons (Fsp3) is 0.167. The second-order valence-electron chi connectivity index (χ2n) is 3.54. The van der Waals surface area contributed by atoms with E-state index in [9.17, 15) is 0 Å². The molecule has 0 fully saturated rings. The van der Waals surface area contributed by atoms with E-state index in [-0.39, 0.29) is 0 Å². The summed E-state index contributed by atoms with van der Waals surface area (Å²) in [6.45, 7) is 3.78. The number of hydrogen-bond acceptors (Lipinski definition) is 3. The van der Waals surface area contributed by atoms with Crippen LogP contribution < -0.4 is 5.68 Å². The van der Waals surface area contributed by atoms with Gasteiger partial charge in [0, 0.05) is 11.9 Å². The Balaban J connectivity index is 2.49. The molecule has 1 aromatic heterocycles. The summed E-state index contributed by atoms with van der Waals surface area (Å²) < 4.78 is 7.10. The monoisotopic (exact) mass is 215 g/mol. The topological polar surface area (TPSA) is 42.8 Å². The smallest absolute Gasteiger partial charge is 0.325 e. The van der Waals surface area contributed by atoms with Gasteiger partial charge in [-0.2, -0.15) is 5.10 Å². The Bertz CT molecular complexity index is 545. The summed E-state index contributed by atoms with van der Waals surface area (Å²) in [6, 6.07) is 9.87. The number of aromatic nitrogens is 1. The number of rotatable bonds is 2. The third-order valence-electron chi connectivity index (χ3n) is 1.96. The Labute approximate surface area is 93.6 Å². The van der Waals surface area contributed by atoms with Crippen molar-refractivity contribution in [2.24, 2.45) is 10.2 Å². The molecule has 1 heterocycles. The molecule has 0 saturated heterocycles. The molecule has 0 amide bonds. The Morgan fingerprint density at radius 1 is 1.19 bits per heavy atom. The third-order valence-corrected chi connectivity index (χ3v) is 1.96. The lowest BCUT2D eigenvalue weighted by atomic mass is 10.3. The average molecular weight is 215 g/mol. The SMILES string of the molecule is CC(C)=N/N=c1\occn1-c1ccccc1. The first-order chi connectivity index (χ1) is 7.77. The van der Waals surface area contributed by atoms with Crippen molar-refractivity contribution in [1.82, 2.24) is 4.57 Å². The maximum absolute atomic E-state index is 5.26. The van der Waals surface area contributed by atoms with Crippen LogP contribution in [-0.2, 0) is 0 Å². The van der Waals surface area contributed by atoms with Crippen molar-refractivity contribution in [2.45, 2.75) is 13.8 Å². The molecule has 2 rings (SSSR count). The molecule has 0 aliphatic rings. The van der Waals surface area contributed by atoms with Crippen molar-refractivity contribution in [3.8, 4) is 5.69 Å². The van der Waals surface area contributed by atoms with E-state index < -0.39 is 0 Å². The van der Waals surface area contributed by atoms with Crippen LogP contribution in [0.3, 0.4) is 0 Å². The molecule has 0 aliphatic carbocycles. The van der Waals surface area contributed by atoms with Crippen molar-refractivity contribution in [3.05, 3.63) is 48.5 Å². The molecule has 0 aliphatic heterocycles. The van der Waals surface area contributed by atoms with E-state index in [1.165, 1.54) is 0 Å². The van der Waals surface area contributed by atoms with Gasteiger partial charge in [-0.25, -0.2) is 0 Å². The molecular formula is C12H13N3O. The highest BCUT2D eigenvalue weighted by molar-refractivity contribution is 5.78. The highest BCUT2D eigenvalue weighted by Gasteiger charge is 1.98. The first-order valence-electron chi connectivity index (χ1n) is 5.04. The highest BCUT2D eigenvalue weighted by atomic mass is 16.3. The van der Waals surface area contributed by atoms with Crippen LogP contribution in [0.5, 0.6) is 0 Å². The van der Waals surface area contributed by atoms with Gasteiger partial charge in [0.15, 0.2) is 0 Å². The average Bonchev–Trinajstić information content (AvgIpc) is 2.75. The van der Waals surface area contributed by atoms with Crippen LogP contribution in [0, 0.1) is 0 Å². The Morgan fingerprint density at radius 3 is 2.62 bits per heavy atom. The van der Waals surface area contributed by atoms with E-state index in [4.69, 9.17) is 4.42 Å².